The Balaban J connectivity index is 0. The zero-order valence-electron chi connectivity index (χ0n) is 1.36. The average molecular weight is 254 g/mol. The van der Waals surface area contributed by atoms with Crippen LogP contribution in [0, 0.1) is 0 Å². The Labute approximate surface area is 49.2 Å². The molecule has 0 aromatic carbocycles. The van der Waals surface area contributed by atoms with Crippen LogP contribution in [0.1, 0.15) is 0 Å². The molecule has 0 saturated carbocycles. The van der Waals surface area contributed by atoms with Crippen molar-refractivity contribution in [1.82, 2.24) is 0 Å². The molecule has 0 bridgehead atoms. The van der Waals surface area contributed by atoms with Gasteiger partial charge in [0.15, 0.2) is 0 Å². The van der Waals surface area contributed by atoms with E-state index in [9.17, 15) is 6.05 Å². The zero-order chi connectivity index (χ0) is 4.00. The third kappa shape index (κ3) is 10.2. The van der Waals surface area contributed by atoms with Gasteiger partial charge in [0, 0.05) is 0 Å². The summed E-state index contributed by atoms with van der Waals surface area (Å²) in [5, 5.41) is 0. The van der Waals surface area contributed by atoms with Crippen molar-refractivity contribution in [2.24, 2.45) is 0 Å². The first-order chi connectivity index (χ1) is 2.00. The van der Waals surface area contributed by atoms with Crippen molar-refractivity contribution in [3.8, 4) is 0 Å². The van der Waals surface area contributed by atoms with E-state index in [1.54, 1.807) is 0 Å². The molecular formula is Ag2F2. The summed E-state index contributed by atoms with van der Waals surface area (Å²) >= 11 is 2.90. The van der Waals surface area contributed by atoms with Crippen molar-refractivity contribution in [2.45, 2.75) is 0 Å². The molecule has 36 valence electrons. The number of hydrogen-bond donors (Lipinski definition) is 0. The third-order valence-electron chi connectivity index (χ3n) is 0. The molecule has 0 unspecified atom stereocenters. The standard InChI is InChI=1S/2Ag.2FH/h;;2*1H/q2*+1;;/p-2. The Morgan fingerprint density at radius 3 is 0.750 bits per heavy atom. The predicted octanol–water partition coefficient (Wildman–Crippen LogP) is 0.835. The molecular weight excluding hydrogens is 254 g/mol. The van der Waals surface area contributed by atoms with Crippen molar-refractivity contribution < 1.29 is 49.3 Å². The van der Waals surface area contributed by atoms with Crippen molar-refractivity contribution in [2.75, 3.05) is 0 Å². The van der Waals surface area contributed by atoms with Crippen LogP contribution in [0.4, 0.5) is 6.05 Å². The fourth-order valence-electron chi connectivity index (χ4n) is 0. The average Bonchev–Trinajstić information content (AvgIpc) is 1.50. The normalized spacial score (nSPS) is 3.50. The second-order valence-electron chi connectivity index (χ2n) is 0. The van der Waals surface area contributed by atoms with Crippen molar-refractivity contribution >= 4 is 0 Å². The summed E-state index contributed by atoms with van der Waals surface area (Å²) in [4.78, 5) is 0. The Morgan fingerprint density at radius 2 is 0.750 bits per heavy atom. The first-order valence-electron chi connectivity index (χ1n) is 0.228. The predicted molar refractivity (Wildman–Crippen MR) is 2.22 cm³/mol. The molecule has 0 aliphatic rings. The van der Waals surface area contributed by atoms with Crippen LogP contribution in [0.15, 0.2) is 0 Å². The van der Waals surface area contributed by atoms with E-state index in [2.05, 4.69) is 0 Å². The van der Waals surface area contributed by atoms with E-state index in [0.717, 1.165) is 0 Å². The maximum atomic E-state index is 9.31. The van der Waals surface area contributed by atoms with Gasteiger partial charge in [-0.2, -0.15) is 0 Å². The van der Waals surface area contributed by atoms with E-state index >= 15 is 0 Å². The second kappa shape index (κ2) is 27.0. The van der Waals surface area contributed by atoms with Gasteiger partial charge in [0.05, 0.1) is 0 Å². The first-order valence-corrected chi connectivity index (χ1v) is 1.35. The van der Waals surface area contributed by atoms with Gasteiger partial charge in [-0.15, -0.1) is 0 Å². The van der Waals surface area contributed by atoms with Crippen molar-refractivity contribution in [3.63, 3.8) is 0 Å². The molecule has 0 heterocycles. The molecule has 0 radical (unpaired) electrons. The van der Waals surface area contributed by atoms with Crippen LogP contribution in [-0.4, -0.2) is 0 Å². The van der Waals surface area contributed by atoms with E-state index in [0.29, 0.717) is 0 Å². The molecule has 0 amide bonds. The summed E-state index contributed by atoms with van der Waals surface area (Å²) in [5.41, 5.74) is 0. The molecule has 0 aromatic heterocycles. The van der Waals surface area contributed by atoms with Crippen LogP contribution in [0.5, 0.6) is 0 Å². The van der Waals surface area contributed by atoms with E-state index in [-0.39, 0.29) is 0 Å². The van der Waals surface area contributed by atoms with Gasteiger partial charge in [0.25, 0.3) is 0 Å². The van der Waals surface area contributed by atoms with E-state index in [1.807, 2.05) is 0 Å². The van der Waals surface area contributed by atoms with Crippen LogP contribution >= 0.6 is 0 Å². The van der Waals surface area contributed by atoms with Gasteiger partial charge < -0.3 is 0 Å². The van der Waals surface area contributed by atoms with E-state index in [1.165, 1.54) is 43.2 Å². The molecule has 0 N–H and O–H groups in total. The summed E-state index contributed by atoms with van der Waals surface area (Å²) < 4.78 is 18.6. The first kappa shape index (κ1) is 9.02. The van der Waals surface area contributed by atoms with Crippen LogP contribution in [-0.2, 0) is 43.2 Å². The molecule has 0 rings (SSSR count). The molecule has 0 nitrogen and oxygen atoms in total. The minimum absolute atomic E-state index is 1.45. The molecule has 0 atom stereocenters. The van der Waals surface area contributed by atoms with Crippen LogP contribution in [0.3, 0.4) is 0 Å². The SMILES string of the molecule is [F][Ag].[F][Ag]. The molecule has 4 heteroatoms. The molecule has 0 spiro atoms. The zero-order valence-corrected chi connectivity index (χ0v) is 4.32. The molecule has 0 fully saturated rings. The van der Waals surface area contributed by atoms with Gasteiger partial charge >= 0.3 is 49.3 Å². The van der Waals surface area contributed by atoms with Gasteiger partial charge in [-0.25, -0.2) is 0 Å². The molecule has 0 aromatic rings. The van der Waals surface area contributed by atoms with E-state index < -0.39 is 0 Å². The van der Waals surface area contributed by atoms with Crippen molar-refractivity contribution in [1.29, 1.82) is 0 Å². The molecule has 0 aliphatic heterocycles. The van der Waals surface area contributed by atoms with Gasteiger partial charge in [-0.3, -0.25) is 0 Å². The quantitative estimate of drug-likeness (QED) is 0.561. The Kier molecular flexibility index (Phi) is 60.8. The van der Waals surface area contributed by atoms with E-state index in [4.69, 9.17) is 0 Å². The molecule has 4 heavy (non-hydrogen) atoms. The van der Waals surface area contributed by atoms with Gasteiger partial charge in [-0.05, 0) is 0 Å². The second-order valence-corrected chi connectivity index (χ2v) is 0. The maximum absolute atomic E-state index is 9.31. The van der Waals surface area contributed by atoms with Crippen molar-refractivity contribution in [3.05, 3.63) is 0 Å². The van der Waals surface area contributed by atoms with Crippen LogP contribution in [0.25, 0.3) is 0 Å². The summed E-state index contributed by atoms with van der Waals surface area (Å²) in [5.74, 6) is 0. The van der Waals surface area contributed by atoms with Gasteiger partial charge in [0.2, 0.25) is 0 Å². The Hall–Kier alpha value is 1.34. The minimum atomic E-state index is 1.45. The Bertz CT molecular complexity index is 4.00. The molecule has 0 aliphatic carbocycles. The van der Waals surface area contributed by atoms with Crippen LogP contribution in [0.2, 0.25) is 0 Å². The number of halogens is 2. The fourth-order valence-corrected chi connectivity index (χ4v) is 0. The Morgan fingerprint density at radius 1 is 0.750 bits per heavy atom. The summed E-state index contributed by atoms with van der Waals surface area (Å²) in [6.45, 7) is 0. The van der Waals surface area contributed by atoms with Gasteiger partial charge in [0.1, 0.15) is 0 Å². The summed E-state index contributed by atoms with van der Waals surface area (Å²) in [6.07, 6.45) is 0. The van der Waals surface area contributed by atoms with Crippen LogP contribution < -0.4 is 0 Å². The monoisotopic (exact) mass is 252 g/mol. The summed E-state index contributed by atoms with van der Waals surface area (Å²) in [6, 6.07) is 0. The number of hydrogen-bond acceptors (Lipinski definition) is 0. The summed E-state index contributed by atoms with van der Waals surface area (Å²) in [7, 11) is 0. The fraction of sp³-hybridized carbons (Fsp3) is 0. The van der Waals surface area contributed by atoms with Gasteiger partial charge in [-0.1, -0.05) is 0 Å². The third-order valence-corrected chi connectivity index (χ3v) is 0. The number of rotatable bonds is 0. The molecule has 0 saturated heterocycles. The topological polar surface area (TPSA) is 0 Å².